The molecule has 0 aliphatic heterocycles. The maximum absolute atomic E-state index is 11.0. The van der Waals surface area contributed by atoms with Crippen LogP contribution in [0.4, 0.5) is 5.13 Å². The Labute approximate surface area is 150 Å². The van der Waals surface area contributed by atoms with E-state index in [4.69, 9.17) is 21.4 Å². The normalized spacial score (nSPS) is 11.5. The monoisotopic (exact) mass is 436 g/mol. The summed E-state index contributed by atoms with van der Waals surface area (Å²) in [4.78, 5) is 14.5. The Morgan fingerprint density at radius 2 is 1.83 bits per heavy atom. The lowest BCUT2D eigenvalue weighted by Gasteiger charge is -1.91. The molecule has 0 atom stereocenters. The molecule has 128 valence electrons. The largest absolute Gasteiger partial charge is 0.302 e. The highest BCUT2D eigenvalue weighted by atomic mass is 35.7. The van der Waals surface area contributed by atoms with Gasteiger partial charge in [-0.3, -0.25) is 4.79 Å². The van der Waals surface area contributed by atoms with Gasteiger partial charge in [0.05, 0.1) is 5.69 Å². The standard InChI is InChI=1S/C6H7ClN2O3S2.C4H3ClO2S2/c1-3-5(14(7,11)12)13-6(8-3)9-4(2)10;5-9(6,7)4-2-1-3-8-4/h1-2H3,(H,8,9,10);1-3H. The van der Waals surface area contributed by atoms with E-state index in [1.165, 1.54) is 19.9 Å². The Balaban J connectivity index is 0.000000253. The Kier molecular flexibility index (Phi) is 6.98. The molecule has 0 aliphatic carbocycles. The quantitative estimate of drug-likeness (QED) is 0.740. The Morgan fingerprint density at radius 3 is 2.13 bits per heavy atom. The summed E-state index contributed by atoms with van der Waals surface area (Å²) in [6.07, 6.45) is 0. The first-order valence-electron chi connectivity index (χ1n) is 5.59. The van der Waals surface area contributed by atoms with E-state index in [0.29, 0.717) is 0 Å². The van der Waals surface area contributed by atoms with Crippen molar-refractivity contribution in [1.29, 1.82) is 0 Å². The minimum atomic E-state index is -3.77. The molecule has 0 aromatic carbocycles. The number of rotatable bonds is 3. The maximum atomic E-state index is 11.0. The van der Waals surface area contributed by atoms with Crippen LogP contribution in [0.5, 0.6) is 0 Å². The number of thiophene rings is 1. The summed E-state index contributed by atoms with van der Waals surface area (Å²) >= 11 is 1.94. The number of halogens is 2. The van der Waals surface area contributed by atoms with E-state index in [-0.39, 0.29) is 25.2 Å². The van der Waals surface area contributed by atoms with Gasteiger partial charge in [0.2, 0.25) is 5.91 Å². The average Bonchev–Trinajstić information content (AvgIpc) is 2.96. The first-order valence-corrected chi connectivity index (χ1v) is 11.9. The molecule has 0 bridgehead atoms. The van der Waals surface area contributed by atoms with E-state index < -0.39 is 18.1 Å². The summed E-state index contributed by atoms with van der Waals surface area (Å²) in [6, 6.07) is 3.10. The third-order valence-electron chi connectivity index (χ3n) is 1.99. The number of nitrogens with one attached hydrogen (secondary N) is 1. The fourth-order valence-electron chi connectivity index (χ4n) is 1.21. The number of aryl methyl sites for hydroxylation is 1. The van der Waals surface area contributed by atoms with Crippen molar-refractivity contribution >= 4 is 73.2 Å². The molecule has 2 aromatic rings. The molecule has 0 unspecified atom stereocenters. The number of hydrogen-bond acceptors (Lipinski definition) is 8. The zero-order chi connectivity index (χ0) is 17.8. The molecule has 2 aromatic heterocycles. The van der Waals surface area contributed by atoms with Crippen LogP contribution in [0.25, 0.3) is 0 Å². The lowest BCUT2D eigenvalue weighted by atomic mass is 10.6. The lowest BCUT2D eigenvalue weighted by molar-refractivity contribution is -0.114. The highest BCUT2D eigenvalue weighted by molar-refractivity contribution is 8.15. The molecule has 0 spiro atoms. The number of nitrogens with zero attached hydrogens (tertiary/aromatic N) is 1. The highest BCUT2D eigenvalue weighted by Gasteiger charge is 2.19. The maximum Gasteiger partial charge on any atom is 0.272 e. The topological polar surface area (TPSA) is 110 Å². The van der Waals surface area contributed by atoms with Crippen LogP contribution < -0.4 is 5.32 Å². The number of aromatic nitrogens is 1. The van der Waals surface area contributed by atoms with Gasteiger partial charge in [0.1, 0.15) is 4.21 Å². The van der Waals surface area contributed by atoms with Gasteiger partial charge < -0.3 is 5.32 Å². The predicted molar refractivity (Wildman–Crippen MR) is 91.6 cm³/mol. The molecular formula is C10H10Cl2N2O5S4. The van der Waals surface area contributed by atoms with Crippen LogP contribution in [0.2, 0.25) is 0 Å². The van der Waals surface area contributed by atoms with E-state index in [1.807, 2.05) is 0 Å². The van der Waals surface area contributed by atoms with E-state index in [1.54, 1.807) is 11.4 Å². The van der Waals surface area contributed by atoms with Gasteiger partial charge >= 0.3 is 0 Å². The second-order valence-corrected chi connectivity index (χ2v) is 11.4. The first-order chi connectivity index (χ1) is 10.4. The molecule has 23 heavy (non-hydrogen) atoms. The second kappa shape index (κ2) is 7.90. The highest BCUT2D eigenvalue weighted by Crippen LogP contribution is 2.29. The van der Waals surface area contributed by atoms with Crippen LogP contribution in [0.3, 0.4) is 0 Å². The van der Waals surface area contributed by atoms with Crippen molar-refractivity contribution in [1.82, 2.24) is 4.98 Å². The number of hydrogen-bond donors (Lipinski definition) is 1. The molecule has 0 saturated heterocycles. The Bertz CT molecular complexity index is 888. The van der Waals surface area contributed by atoms with Crippen molar-refractivity contribution in [3.8, 4) is 0 Å². The van der Waals surface area contributed by atoms with Crippen LogP contribution in [0.1, 0.15) is 12.6 Å². The van der Waals surface area contributed by atoms with E-state index in [0.717, 1.165) is 22.7 Å². The predicted octanol–water partition coefficient (Wildman–Crippen LogP) is 3.01. The number of thiazole rings is 1. The SMILES string of the molecule is CC(=O)Nc1nc(C)c(S(=O)(=O)Cl)s1.O=S(=O)(Cl)c1cccs1. The van der Waals surface area contributed by atoms with Gasteiger partial charge in [-0.2, -0.15) is 0 Å². The van der Waals surface area contributed by atoms with Crippen molar-refractivity contribution in [2.75, 3.05) is 5.32 Å². The van der Waals surface area contributed by atoms with Crippen molar-refractivity contribution in [3.05, 3.63) is 23.2 Å². The summed E-state index contributed by atoms with van der Waals surface area (Å²) in [7, 11) is 2.89. The molecule has 0 fully saturated rings. The number of amides is 1. The molecule has 0 saturated carbocycles. The van der Waals surface area contributed by atoms with Crippen molar-refractivity contribution < 1.29 is 21.6 Å². The Hall–Kier alpha value is -0.720. The van der Waals surface area contributed by atoms with Gasteiger partial charge in [-0.15, -0.1) is 11.3 Å². The summed E-state index contributed by atoms with van der Waals surface area (Å²) in [5.41, 5.74) is 0.286. The van der Waals surface area contributed by atoms with E-state index >= 15 is 0 Å². The van der Waals surface area contributed by atoms with E-state index in [9.17, 15) is 21.6 Å². The van der Waals surface area contributed by atoms with Gasteiger partial charge in [-0.25, -0.2) is 21.8 Å². The van der Waals surface area contributed by atoms with Gasteiger partial charge in [-0.05, 0) is 18.4 Å². The molecule has 13 heteroatoms. The molecule has 1 amide bonds. The zero-order valence-corrected chi connectivity index (χ0v) is 16.4. The Morgan fingerprint density at radius 1 is 1.22 bits per heavy atom. The summed E-state index contributed by atoms with van der Waals surface area (Å²) in [5, 5.41) is 4.28. The third kappa shape index (κ3) is 6.73. The van der Waals surface area contributed by atoms with Crippen LogP contribution in [-0.4, -0.2) is 27.7 Å². The summed E-state index contributed by atoms with van der Waals surface area (Å²) < 4.78 is 43.1. The number of anilines is 1. The minimum Gasteiger partial charge on any atom is -0.302 e. The lowest BCUT2D eigenvalue weighted by Crippen LogP contribution is -2.04. The van der Waals surface area contributed by atoms with Crippen LogP contribution >= 0.6 is 44.0 Å². The summed E-state index contributed by atoms with van der Waals surface area (Å²) in [6.45, 7) is 2.82. The first kappa shape index (κ1) is 20.3. The molecule has 2 rings (SSSR count). The fraction of sp³-hybridized carbons (Fsp3) is 0.200. The van der Waals surface area contributed by atoms with E-state index in [2.05, 4.69) is 10.3 Å². The van der Waals surface area contributed by atoms with Gasteiger partial charge in [0, 0.05) is 28.3 Å². The van der Waals surface area contributed by atoms with Crippen LogP contribution in [0, 0.1) is 6.92 Å². The third-order valence-corrected chi connectivity index (χ3v) is 8.24. The molecular weight excluding hydrogens is 427 g/mol. The number of carbonyl (C=O) groups is 1. The van der Waals surface area contributed by atoms with Gasteiger partial charge in [0.15, 0.2) is 9.34 Å². The van der Waals surface area contributed by atoms with Crippen molar-refractivity contribution in [3.63, 3.8) is 0 Å². The molecule has 2 heterocycles. The molecule has 7 nitrogen and oxygen atoms in total. The van der Waals surface area contributed by atoms with Crippen LogP contribution in [0.15, 0.2) is 25.9 Å². The zero-order valence-electron chi connectivity index (χ0n) is 11.6. The molecule has 1 N–H and O–H groups in total. The molecule has 0 radical (unpaired) electrons. The minimum absolute atomic E-state index is 0.0390. The van der Waals surface area contributed by atoms with Gasteiger partial charge in [0.25, 0.3) is 18.1 Å². The second-order valence-electron chi connectivity index (χ2n) is 3.88. The number of carbonyl (C=O) groups excluding carboxylic acids is 1. The van der Waals surface area contributed by atoms with Crippen molar-refractivity contribution in [2.24, 2.45) is 0 Å². The van der Waals surface area contributed by atoms with Gasteiger partial charge in [-0.1, -0.05) is 17.4 Å². The summed E-state index contributed by atoms with van der Waals surface area (Å²) in [5.74, 6) is -0.308. The van der Waals surface area contributed by atoms with Crippen molar-refractivity contribution in [2.45, 2.75) is 22.3 Å². The smallest absolute Gasteiger partial charge is 0.272 e. The fourth-order valence-corrected chi connectivity index (χ4v) is 5.41. The molecule has 0 aliphatic rings. The van der Waals surface area contributed by atoms with Crippen LogP contribution in [-0.2, 0) is 22.9 Å². The average molecular weight is 437 g/mol.